The van der Waals surface area contributed by atoms with Gasteiger partial charge in [-0.3, -0.25) is 4.98 Å². The maximum atomic E-state index is 5.78. The van der Waals surface area contributed by atoms with E-state index in [0.717, 1.165) is 11.3 Å². The number of hydrogen-bond donors (Lipinski definition) is 1. The van der Waals surface area contributed by atoms with E-state index in [1.54, 1.807) is 12.4 Å². The molecule has 0 atom stereocenters. The third-order valence-corrected chi connectivity index (χ3v) is 2.22. The number of hydrogen-bond acceptors (Lipinski definition) is 3. The van der Waals surface area contributed by atoms with Crippen LogP contribution in [-0.4, -0.2) is 9.97 Å². The molecule has 0 fully saturated rings. The Bertz CT molecular complexity index is 472. The highest BCUT2D eigenvalue weighted by Gasteiger charge is 2.05. The number of nitrogens with two attached hydrogens (primary N) is 1. The van der Waals surface area contributed by atoms with E-state index < -0.39 is 0 Å². The minimum absolute atomic E-state index is 0.475. The molecule has 0 radical (unpaired) electrons. The van der Waals surface area contributed by atoms with Crippen molar-refractivity contribution in [3.63, 3.8) is 0 Å². The summed E-state index contributed by atoms with van der Waals surface area (Å²) in [5, 5.41) is 0. The van der Waals surface area contributed by atoms with E-state index in [1.807, 2.05) is 0 Å². The topological polar surface area (TPSA) is 51.8 Å². The fourth-order valence-corrected chi connectivity index (χ4v) is 1.68. The molecule has 0 saturated heterocycles. The van der Waals surface area contributed by atoms with Crippen LogP contribution < -0.4 is 5.73 Å². The minimum Gasteiger partial charge on any atom is -0.382 e. The lowest BCUT2D eigenvalue weighted by atomic mass is 10.0. The maximum Gasteiger partial charge on any atom is 0.149 e. The molecule has 2 aromatic rings. The van der Waals surface area contributed by atoms with Gasteiger partial charge in [0.1, 0.15) is 11.5 Å². The predicted octanol–water partition coefficient (Wildman–Crippen LogP) is 2.34. The summed E-state index contributed by atoms with van der Waals surface area (Å²) in [7, 11) is 0. The lowest BCUT2D eigenvalue weighted by molar-refractivity contribution is 1.21. The fraction of sp³-hybridized carbons (Fsp3) is 0.167. The van der Waals surface area contributed by atoms with Crippen molar-refractivity contribution in [2.24, 2.45) is 0 Å². The van der Waals surface area contributed by atoms with Gasteiger partial charge in [-0.05, 0) is 26.0 Å². The molecule has 3 heteroatoms. The highest BCUT2D eigenvalue weighted by atomic mass is 14.9. The number of nitrogens with zero attached hydrogens (tertiary/aromatic N) is 2. The van der Waals surface area contributed by atoms with Crippen LogP contribution in [0.25, 0.3) is 11.3 Å². The van der Waals surface area contributed by atoms with Crippen LogP contribution in [0.4, 0.5) is 5.82 Å². The van der Waals surface area contributed by atoms with Crippen molar-refractivity contribution >= 4 is 5.82 Å². The van der Waals surface area contributed by atoms with Gasteiger partial charge in [-0.25, -0.2) is 4.98 Å². The first kappa shape index (κ1) is 9.65. The van der Waals surface area contributed by atoms with Gasteiger partial charge in [0.05, 0.1) is 0 Å². The highest BCUT2D eigenvalue weighted by Crippen LogP contribution is 2.23. The number of rotatable bonds is 1. The van der Waals surface area contributed by atoms with E-state index in [2.05, 4.69) is 42.0 Å². The molecular weight excluding hydrogens is 186 g/mol. The van der Waals surface area contributed by atoms with Crippen molar-refractivity contribution in [2.75, 3.05) is 5.73 Å². The van der Waals surface area contributed by atoms with Crippen molar-refractivity contribution < 1.29 is 0 Å². The van der Waals surface area contributed by atoms with E-state index >= 15 is 0 Å². The van der Waals surface area contributed by atoms with Crippen molar-refractivity contribution in [1.29, 1.82) is 0 Å². The molecule has 1 heterocycles. The van der Waals surface area contributed by atoms with Gasteiger partial charge in [-0.1, -0.05) is 17.2 Å². The molecule has 0 saturated carbocycles. The number of anilines is 1. The van der Waals surface area contributed by atoms with Crippen molar-refractivity contribution in [3.8, 4) is 11.3 Å². The minimum atomic E-state index is 0.475. The normalized spacial score (nSPS) is 10.3. The van der Waals surface area contributed by atoms with Crippen molar-refractivity contribution in [3.05, 3.63) is 41.7 Å². The molecule has 1 aromatic carbocycles. The Kier molecular flexibility index (Phi) is 2.37. The summed E-state index contributed by atoms with van der Waals surface area (Å²) < 4.78 is 0. The van der Waals surface area contributed by atoms with Gasteiger partial charge >= 0.3 is 0 Å². The van der Waals surface area contributed by atoms with E-state index in [-0.39, 0.29) is 0 Å². The smallest absolute Gasteiger partial charge is 0.149 e. The Morgan fingerprint density at radius 2 is 1.53 bits per heavy atom. The molecule has 3 nitrogen and oxygen atoms in total. The van der Waals surface area contributed by atoms with Gasteiger partial charge in [-0.2, -0.15) is 0 Å². The number of aromatic nitrogens is 2. The Morgan fingerprint density at radius 1 is 0.933 bits per heavy atom. The molecule has 2 N–H and O–H groups in total. The Hall–Kier alpha value is -1.90. The summed E-state index contributed by atoms with van der Waals surface area (Å²) in [5.74, 6) is 0.475. The summed E-state index contributed by atoms with van der Waals surface area (Å²) in [6, 6.07) is 6.25. The van der Waals surface area contributed by atoms with Crippen LogP contribution in [0.3, 0.4) is 0 Å². The molecule has 15 heavy (non-hydrogen) atoms. The molecule has 76 valence electrons. The number of benzene rings is 1. The van der Waals surface area contributed by atoms with Crippen LogP contribution in [0.5, 0.6) is 0 Å². The molecule has 0 aliphatic rings. The van der Waals surface area contributed by atoms with Crippen LogP contribution >= 0.6 is 0 Å². The molecule has 0 aliphatic heterocycles. The van der Waals surface area contributed by atoms with Crippen molar-refractivity contribution in [1.82, 2.24) is 9.97 Å². The van der Waals surface area contributed by atoms with Crippen LogP contribution in [0, 0.1) is 13.8 Å². The SMILES string of the molecule is Cc1cc(C)cc(-c2nccnc2N)c1. The van der Waals surface area contributed by atoms with Crippen LogP contribution in [0.2, 0.25) is 0 Å². The summed E-state index contributed by atoms with van der Waals surface area (Å²) in [6.45, 7) is 4.12. The summed E-state index contributed by atoms with van der Waals surface area (Å²) in [6.07, 6.45) is 3.25. The zero-order chi connectivity index (χ0) is 10.8. The Morgan fingerprint density at radius 3 is 2.13 bits per heavy atom. The van der Waals surface area contributed by atoms with E-state index in [0.29, 0.717) is 5.82 Å². The second kappa shape index (κ2) is 3.69. The molecule has 0 unspecified atom stereocenters. The van der Waals surface area contributed by atoms with E-state index in [4.69, 9.17) is 5.73 Å². The first-order valence-corrected chi connectivity index (χ1v) is 4.82. The van der Waals surface area contributed by atoms with E-state index in [9.17, 15) is 0 Å². The molecule has 0 spiro atoms. The zero-order valence-corrected chi connectivity index (χ0v) is 8.86. The van der Waals surface area contributed by atoms with Gasteiger partial charge in [0.2, 0.25) is 0 Å². The maximum absolute atomic E-state index is 5.78. The second-order valence-corrected chi connectivity index (χ2v) is 3.67. The standard InChI is InChI=1S/C12H13N3/c1-8-5-9(2)7-10(6-8)11-12(13)15-4-3-14-11/h3-7H,1-2H3,(H2,13,15). The fourth-order valence-electron chi connectivity index (χ4n) is 1.68. The van der Waals surface area contributed by atoms with Gasteiger partial charge in [0, 0.05) is 18.0 Å². The van der Waals surface area contributed by atoms with Crippen molar-refractivity contribution in [2.45, 2.75) is 13.8 Å². The molecule has 2 rings (SSSR count). The first-order valence-electron chi connectivity index (χ1n) is 4.82. The first-order chi connectivity index (χ1) is 7.16. The van der Waals surface area contributed by atoms with Gasteiger partial charge in [0.25, 0.3) is 0 Å². The number of aryl methyl sites for hydroxylation is 2. The highest BCUT2D eigenvalue weighted by molar-refractivity contribution is 5.70. The van der Waals surface area contributed by atoms with Gasteiger partial charge in [-0.15, -0.1) is 0 Å². The third kappa shape index (κ3) is 1.96. The average molecular weight is 199 g/mol. The third-order valence-electron chi connectivity index (χ3n) is 2.22. The molecule has 0 amide bonds. The van der Waals surface area contributed by atoms with E-state index in [1.165, 1.54) is 11.1 Å². The molecule has 0 aliphatic carbocycles. The molecule has 0 bridgehead atoms. The largest absolute Gasteiger partial charge is 0.382 e. The van der Waals surface area contributed by atoms with Crippen LogP contribution in [-0.2, 0) is 0 Å². The summed E-state index contributed by atoms with van der Waals surface area (Å²) in [5.41, 5.74) is 9.97. The quantitative estimate of drug-likeness (QED) is 0.767. The summed E-state index contributed by atoms with van der Waals surface area (Å²) >= 11 is 0. The molecule has 1 aromatic heterocycles. The molecular formula is C12H13N3. The van der Waals surface area contributed by atoms with Gasteiger partial charge < -0.3 is 5.73 Å². The number of nitrogen functional groups attached to an aromatic ring is 1. The Labute approximate surface area is 89.0 Å². The lowest BCUT2D eigenvalue weighted by Crippen LogP contribution is -1.96. The lowest BCUT2D eigenvalue weighted by Gasteiger charge is -2.05. The average Bonchev–Trinajstić information content (AvgIpc) is 2.16. The Balaban J connectivity index is 2.59. The van der Waals surface area contributed by atoms with Gasteiger partial charge in [0.15, 0.2) is 0 Å². The van der Waals surface area contributed by atoms with Crippen LogP contribution in [0.15, 0.2) is 30.6 Å². The van der Waals surface area contributed by atoms with Crippen LogP contribution in [0.1, 0.15) is 11.1 Å². The monoisotopic (exact) mass is 199 g/mol. The predicted molar refractivity (Wildman–Crippen MR) is 61.4 cm³/mol. The summed E-state index contributed by atoms with van der Waals surface area (Å²) in [4.78, 5) is 8.27. The zero-order valence-electron chi connectivity index (χ0n) is 8.86. The second-order valence-electron chi connectivity index (χ2n) is 3.67.